The van der Waals surface area contributed by atoms with Crippen molar-refractivity contribution in [2.24, 2.45) is 0 Å². The van der Waals surface area contributed by atoms with Gasteiger partial charge in [-0.25, -0.2) is 4.39 Å². The first kappa shape index (κ1) is 14.5. The Kier molecular flexibility index (Phi) is 4.97. The lowest BCUT2D eigenvalue weighted by Gasteiger charge is -2.16. The lowest BCUT2D eigenvalue weighted by molar-refractivity contribution is 0.543. The van der Waals surface area contributed by atoms with Crippen molar-refractivity contribution < 1.29 is 4.39 Å². The highest BCUT2D eigenvalue weighted by Crippen LogP contribution is 2.24. The maximum Gasteiger partial charge on any atom is 0.146 e. The minimum Gasteiger partial charge on any atom is -0.306 e. The Hall–Kier alpha value is -0.900. The van der Waals surface area contributed by atoms with Crippen LogP contribution in [0.1, 0.15) is 24.1 Å². The van der Waals surface area contributed by atoms with Gasteiger partial charge in [0.05, 0.1) is 5.02 Å². The fraction of sp³-hybridized carbons (Fsp3) is 0.200. The van der Waals surface area contributed by atoms with Gasteiger partial charge in [0, 0.05) is 22.6 Å². The molecule has 0 fully saturated rings. The number of nitrogens with one attached hydrogen (secondary N) is 1. The molecule has 2 aromatic rings. The largest absolute Gasteiger partial charge is 0.306 e. The molecule has 0 bridgehead atoms. The summed E-state index contributed by atoms with van der Waals surface area (Å²) in [6.07, 6.45) is 0. The van der Waals surface area contributed by atoms with Crippen molar-refractivity contribution in [3.05, 3.63) is 68.9 Å². The van der Waals surface area contributed by atoms with Crippen LogP contribution in [0.4, 0.5) is 4.39 Å². The summed E-state index contributed by atoms with van der Waals surface area (Å²) in [4.78, 5) is 0. The van der Waals surface area contributed by atoms with Gasteiger partial charge in [-0.2, -0.15) is 0 Å². The van der Waals surface area contributed by atoms with Gasteiger partial charge in [0.25, 0.3) is 0 Å². The smallest absolute Gasteiger partial charge is 0.146 e. The van der Waals surface area contributed by atoms with Crippen LogP contribution in [0.25, 0.3) is 0 Å². The van der Waals surface area contributed by atoms with E-state index in [1.807, 2.05) is 31.2 Å². The molecule has 100 valence electrons. The van der Waals surface area contributed by atoms with Crippen molar-refractivity contribution in [3.63, 3.8) is 0 Å². The van der Waals surface area contributed by atoms with Crippen molar-refractivity contribution in [3.8, 4) is 0 Å². The van der Waals surface area contributed by atoms with Gasteiger partial charge in [-0.1, -0.05) is 57.9 Å². The molecule has 0 aliphatic heterocycles. The molecule has 1 nitrogen and oxygen atoms in total. The second-order valence-electron chi connectivity index (χ2n) is 4.34. The summed E-state index contributed by atoms with van der Waals surface area (Å²) in [5.74, 6) is -0.351. The van der Waals surface area contributed by atoms with E-state index in [9.17, 15) is 4.39 Å². The van der Waals surface area contributed by atoms with Gasteiger partial charge < -0.3 is 5.32 Å². The summed E-state index contributed by atoms with van der Waals surface area (Å²) in [6, 6.07) is 13.2. The van der Waals surface area contributed by atoms with E-state index >= 15 is 0 Å². The number of benzene rings is 2. The van der Waals surface area contributed by atoms with Crippen LogP contribution in [0, 0.1) is 5.82 Å². The first-order valence-electron chi connectivity index (χ1n) is 6.00. The van der Waals surface area contributed by atoms with Crippen molar-refractivity contribution in [2.45, 2.75) is 19.5 Å². The molecule has 0 heterocycles. The summed E-state index contributed by atoms with van der Waals surface area (Å²) in [6.45, 7) is 2.48. The average molecular weight is 343 g/mol. The van der Waals surface area contributed by atoms with Crippen LogP contribution in [0.5, 0.6) is 0 Å². The van der Waals surface area contributed by atoms with Crippen LogP contribution in [-0.4, -0.2) is 0 Å². The van der Waals surface area contributed by atoms with Gasteiger partial charge in [-0.15, -0.1) is 0 Å². The molecule has 0 aliphatic carbocycles. The molecule has 0 unspecified atom stereocenters. The molecule has 2 rings (SSSR count). The molecule has 2 aromatic carbocycles. The second-order valence-corrected chi connectivity index (χ2v) is 5.60. The average Bonchev–Trinajstić information content (AvgIpc) is 2.40. The molecule has 0 saturated heterocycles. The Morgan fingerprint density at radius 3 is 2.68 bits per heavy atom. The fourth-order valence-electron chi connectivity index (χ4n) is 1.88. The molecule has 19 heavy (non-hydrogen) atoms. The Morgan fingerprint density at radius 1 is 1.21 bits per heavy atom. The fourth-order valence-corrected chi connectivity index (χ4v) is 2.71. The monoisotopic (exact) mass is 341 g/mol. The third kappa shape index (κ3) is 3.56. The predicted octanol–water partition coefficient (Wildman–Crippen LogP) is 5.09. The second kappa shape index (κ2) is 6.51. The number of rotatable bonds is 4. The molecule has 1 atom stereocenters. The van der Waals surface area contributed by atoms with Gasteiger partial charge in [0.2, 0.25) is 0 Å². The summed E-state index contributed by atoms with van der Waals surface area (Å²) in [5.41, 5.74) is 1.72. The molecule has 0 radical (unpaired) electrons. The third-order valence-electron chi connectivity index (χ3n) is 3.00. The standard InChI is InChI=1S/C15H14BrClFN/c1-10(12-6-2-3-7-13(12)16)19-9-11-5-4-8-14(17)15(11)18/h2-8,10,19H,9H2,1H3/t10-/m0/s1. The molecule has 1 N–H and O–H groups in total. The Morgan fingerprint density at radius 2 is 1.95 bits per heavy atom. The maximum atomic E-state index is 13.8. The first-order valence-corrected chi connectivity index (χ1v) is 7.17. The van der Waals surface area contributed by atoms with Crippen LogP contribution in [-0.2, 0) is 6.54 Å². The van der Waals surface area contributed by atoms with Gasteiger partial charge in [0.15, 0.2) is 0 Å². The molecule has 0 spiro atoms. The molecule has 0 aliphatic rings. The van der Waals surface area contributed by atoms with Crippen LogP contribution >= 0.6 is 27.5 Å². The van der Waals surface area contributed by atoms with Crippen LogP contribution < -0.4 is 5.32 Å². The normalized spacial score (nSPS) is 12.4. The molecule has 0 amide bonds. The van der Waals surface area contributed by atoms with E-state index < -0.39 is 0 Å². The molecule has 0 aromatic heterocycles. The summed E-state index contributed by atoms with van der Waals surface area (Å²) in [5, 5.41) is 3.46. The zero-order valence-corrected chi connectivity index (χ0v) is 12.8. The molecule has 4 heteroatoms. The third-order valence-corrected chi connectivity index (χ3v) is 4.02. The van der Waals surface area contributed by atoms with Gasteiger partial charge in [-0.05, 0) is 24.6 Å². The first-order chi connectivity index (χ1) is 9.09. The zero-order valence-electron chi connectivity index (χ0n) is 10.5. The van der Waals surface area contributed by atoms with Crippen LogP contribution in [0.3, 0.4) is 0 Å². The Bertz CT molecular complexity index is 574. The minimum atomic E-state index is -0.351. The van der Waals surface area contributed by atoms with E-state index in [4.69, 9.17) is 11.6 Å². The molecular weight excluding hydrogens is 329 g/mol. The number of hydrogen-bond acceptors (Lipinski definition) is 1. The predicted molar refractivity (Wildman–Crippen MR) is 80.8 cm³/mol. The van der Waals surface area contributed by atoms with Gasteiger partial charge in [0.1, 0.15) is 5.82 Å². The van der Waals surface area contributed by atoms with Crippen molar-refractivity contribution in [2.75, 3.05) is 0 Å². The van der Waals surface area contributed by atoms with Crippen molar-refractivity contribution >= 4 is 27.5 Å². The van der Waals surface area contributed by atoms with E-state index in [2.05, 4.69) is 21.2 Å². The Balaban J connectivity index is 2.07. The van der Waals surface area contributed by atoms with Gasteiger partial charge >= 0.3 is 0 Å². The highest BCUT2D eigenvalue weighted by Gasteiger charge is 2.10. The van der Waals surface area contributed by atoms with E-state index in [-0.39, 0.29) is 16.9 Å². The summed E-state index contributed by atoms with van der Waals surface area (Å²) >= 11 is 9.28. The SMILES string of the molecule is C[C@H](NCc1cccc(Cl)c1F)c1ccccc1Br. The van der Waals surface area contributed by atoms with Crippen LogP contribution in [0.2, 0.25) is 5.02 Å². The topological polar surface area (TPSA) is 12.0 Å². The Labute approximate surface area is 125 Å². The van der Waals surface area contributed by atoms with E-state index in [0.29, 0.717) is 12.1 Å². The number of halogens is 3. The number of hydrogen-bond donors (Lipinski definition) is 1. The van der Waals surface area contributed by atoms with Gasteiger partial charge in [-0.3, -0.25) is 0 Å². The highest BCUT2D eigenvalue weighted by molar-refractivity contribution is 9.10. The molecular formula is C15H14BrClFN. The van der Waals surface area contributed by atoms with Crippen molar-refractivity contribution in [1.82, 2.24) is 5.32 Å². The lowest BCUT2D eigenvalue weighted by atomic mass is 10.1. The maximum absolute atomic E-state index is 13.8. The lowest BCUT2D eigenvalue weighted by Crippen LogP contribution is -2.19. The van der Waals surface area contributed by atoms with E-state index in [1.54, 1.807) is 18.2 Å². The summed E-state index contributed by atoms with van der Waals surface area (Å²) < 4.78 is 14.8. The zero-order chi connectivity index (χ0) is 13.8. The summed E-state index contributed by atoms with van der Waals surface area (Å²) in [7, 11) is 0. The van der Waals surface area contributed by atoms with Crippen molar-refractivity contribution in [1.29, 1.82) is 0 Å². The van der Waals surface area contributed by atoms with E-state index in [0.717, 1.165) is 10.0 Å². The highest BCUT2D eigenvalue weighted by atomic mass is 79.9. The quantitative estimate of drug-likeness (QED) is 0.816. The van der Waals surface area contributed by atoms with E-state index in [1.165, 1.54) is 0 Å². The minimum absolute atomic E-state index is 0.119. The molecule has 0 saturated carbocycles. The van der Waals surface area contributed by atoms with Crippen LogP contribution in [0.15, 0.2) is 46.9 Å².